The average Bonchev–Trinajstić information content (AvgIpc) is 3.31. The van der Waals surface area contributed by atoms with Gasteiger partial charge in [0, 0.05) is 36.3 Å². The van der Waals surface area contributed by atoms with Crippen molar-refractivity contribution in [2.45, 2.75) is 13.8 Å². The Labute approximate surface area is 219 Å². The van der Waals surface area contributed by atoms with Crippen molar-refractivity contribution < 1.29 is 0 Å². The van der Waals surface area contributed by atoms with Crippen molar-refractivity contribution in [1.29, 1.82) is 0 Å². The number of nitrogens with zero attached hydrogens (tertiary/aromatic N) is 5. The zero-order valence-electron chi connectivity index (χ0n) is 21.7. The highest BCUT2D eigenvalue weighted by atomic mass is 16.1. The first-order valence-electron chi connectivity index (χ1n) is 12.5. The van der Waals surface area contributed by atoms with E-state index < -0.39 is 0 Å². The van der Waals surface area contributed by atoms with Gasteiger partial charge in [0.25, 0.3) is 11.1 Å². The summed E-state index contributed by atoms with van der Waals surface area (Å²) in [6.45, 7) is 3.92. The van der Waals surface area contributed by atoms with Crippen molar-refractivity contribution in [3.8, 4) is 11.4 Å². The van der Waals surface area contributed by atoms with E-state index >= 15 is 0 Å². The summed E-state index contributed by atoms with van der Waals surface area (Å²) in [5.74, 6) is 0.395. The zero-order valence-corrected chi connectivity index (χ0v) is 21.7. The lowest BCUT2D eigenvalue weighted by Gasteiger charge is -2.10. The fourth-order valence-electron chi connectivity index (χ4n) is 5.21. The number of rotatable bonds is 4. The molecule has 0 amide bonds. The molecule has 0 saturated heterocycles. The molecule has 0 radical (unpaired) electrons. The van der Waals surface area contributed by atoms with Crippen LogP contribution in [0.5, 0.6) is 0 Å². The molecule has 188 valence electrons. The van der Waals surface area contributed by atoms with Crippen LogP contribution in [0.25, 0.3) is 45.3 Å². The maximum Gasteiger partial charge on any atom is 0.296 e. The van der Waals surface area contributed by atoms with Gasteiger partial charge < -0.3 is 4.57 Å². The van der Waals surface area contributed by atoms with Crippen LogP contribution >= 0.6 is 0 Å². The summed E-state index contributed by atoms with van der Waals surface area (Å²) in [4.78, 5) is 32.7. The molecule has 0 aliphatic heterocycles. The Morgan fingerprint density at radius 3 is 2.13 bits per heavy atom. The molecule has 7 nitrogen and oxygen atoms in total. The van der Waals surface area contributed by atoms with Gasteiger partial charge in [0.15, 0.2) is 0 Å². The van der Waals surface area contributed by atoms with Gasteiger partial charge in [-0.15, -0.1) is 0 Å². The largest absolute Gasteiger partial charge is 0.347 e. The van der Waals surface area contributed by atoms with Crippen molar-refractivity contribution in [2.24, 2.45) is 14.1 Å². The van der Waals surface area contributed by atoms with Gasteiger partial charge in [-0.05, 0) is 56.3 Å². The Hall–Kier alpha value is -4.91. The van der Waals surface area contributed by atoms with E-state index in [0.717, 1.165) is 27.8 Å². The molecular formula is C31H27N5O2. The second-order valence-corrected chi connectivity index (χ2v) is 9.45. The van der Waals surface area contributed by atoms with E-state index in [0.29, 0.717) is 22.4 Å². The summed E-state index contributed by atoms with van der Waals surface area (Å²) in [5.41, 5.74) is 4.95. The quantitative estimate of drug-likeness (QED) is 0.335. The molecule has 0 spiro atoms. The molecule has 6 aromatic rings. The van der Waals surface area contributed by atoms with E-state index in [1.54, 1.807) is 15.4 Å². The Bertz CT molecular complexity index is 2000. The van der Waals surface area contributed by atoms with Gasteiger partial charge in [-0.25, -0.2) is 9.67 Å². The molecule has 7 heteroatoms. The van der Waals surface area contributed by atoms with Crippen LogP contribution in [0.3, 0.4) is 0 Å². The summed E-state index contributed by atoms with van der Waals surface area (Å²) in [5, 5.41) is 1.57. The summed E-state index contributed by atoms with van der Waals surface area (Å²) in [6, 6.07) is 24.9. The predicted octanol–water partition coefficient (Wildman–Crippen LogP) is 5.15. The van der Waals surface area contributed by atoms with Gasteiger partial charge >= 0.3 is 0 Å². The topological polar surface area (TPSA) is 66.8 Å². The SMILES string of the molecule is Cc1c(/C=C/c2nc3ccccc3c(=O)n2-c2c(C)n(C)n(-c3ccccc3)c2=O)c2ccccc2n1C. The minimum atomic E-state index is -0.286. The Balaban J connectivity index is 1.64. The summed E-state index contributed by atoms with van der Waals surface area (Å²) in [6.07, 6.45) is 3.82. The number of benzene rings is 3. The minimum Gasteiger partial charge on any atom is -0.347 e. The van der Waals surface area contributed by atoms with Crippen LogP contribution in [0.4, 0.5) is 0 Å². The third-order valence-electron chi connectivity index (χ3n) is 7.40. The summed E-state index contributed by atoms with van der Waals surface area (Å²) >= 11 is 0. The van der Waals surface area contributed by atoms with Gasteiger partial charge in [0.2, 0.25) is 0 Å². The summed E-state index contributed by atoms with van der Waals surface area (Å²) < 4.78 is 6.96. The smallest absolute Gasteiger partial charge is 0.296 e. The predicted molar refractivity (Wildman–Crippen MR) is 153 cm³/mol. The second kappa shape index (κ2) is 8.88. The molecule has 3 heterocycles. The van der Waals surface area contributed by atoms with Crippen LogP contribution in [-0.2, 0) is 14.1 Å². The number of aryl methyl sites for hydroxylation is 1. The van der Waals surface area contributed by atoms with Crippen LogP contribution in [0.15, 0.2) is 88.5 Å². The highest BCUT2D eigenvalue weighted by molar-refractivity contribution is 5.93. The van der Waals surface area contributed by atoms with Crippen molar-refractivity contribution in [1.82, 2.24) is 23.5 Å². The molecule has 0 aliphatic rings. The molecule has 0 unspecified atom stereocenters. The molecule has 3 aromatic carbocycles. The number of fused-ring (bicyclic) bond motifs is 2. The van der Waals surface area contributed by atoms with Crippen LogP contribution in [0.2, 0.25) is 0 Å². The maximum absolute atomic E-state index is 13.9. The van der Waals surface area contributed by atoms with Gasteiger partial charge in [-0.2, -0.15) is 0 Å². The maximum atomic E-state index is 13.9. The molecular weight excluding hydrogens is 474 g/mol. The lowest BCUT2D eigenvalue weighted by molar-refractivity contribution is 0.630. The molecule has 0 fully saturated rings. The number of hydrogen-bond donors (Lipinski definition) is 0. The second-order valence-electron chi connectivity index (χ2n) is 9.45. The Morgan fingerprint density at radius 2 is 1.37 bits per heavy atom. The fourth-order valence-corrected chi connectivity index (χ4v) is 5.21. The molecule has 0 atom stereocenters. The van der Waals surface area contributed by atoms with Crippen molar-refractivity contribution in [3.63, 3.8) is 0 Å². The standard InChI is InChI=1S/C31H27N5O2/c1-20-23(24-14-9-11-17-27(24)33(20)3)18-19-28-32-26-16-10-8-15-25(26)30(37)35(28)29-21(2)34(4)36(31(29)38)22-12-6-5-7-13-22/h5-19H,1-4H3/b19-18+. The first-order chi connectivity index (χ1) is 18.4. The summed E-state index contributed by atoms with van der Waals surface area (Å²) in [7, 11) is 3.86. The van der Waals surface area contributed by atoms with Crippen LogP contribution < -0.4 is 11.1 Å². The number of hydrogen-bond acceptors (Lipinski definition) is 3. The van der Waals surface area contributed by atoms with Crippen molar-refractivity contribution >= 4 is 34.0 Å². The number of para-hydroxylation sites is 3. The van der Waals surface area contributed by atoms with Crippen LogP contribution in [-0.4, -0.2) is 23.5 Å². The van der Waals surface area contributed by atoms with Gasteiger partial charge in [0.05, 0.1) is 22.3 Å². The van der Waals surface area contributed by atoms with E-state index in [-0.39, 0.29) is 16.8 Å². The normalized spacial score (nSPS) is 11.8. The van der Waals surface area contributed by atoms with Gasteiger partial charge in [0.1, 0.15) is 11.5 Å². The molecule has 0 saturated carbocycles. The minimum absolute atomic E-state index is 0.282. The zero-order chi connectivity index (χ0) is 26.6. The first kappa shape index (κ1) is 23.5. The van der Waals surface area contributed by atoms with Crippen molar-refractivity contribution in [3.05, 3.63) is 122 Å². The highest BCUT2D eigenvalue weighted by Crippen LogP contribution is 2.27. The van der Waals surface area contributed by atoms with E-state index in [2.05, 4.69) is 23.6 Å². The van der Waals surface area contributed by atoms with Crippen molar-refractivity contribution in [2.75, 3.05) is 0 Å². The monoisotopic (exact) mass is 501 g/mol. The molecule has 0 aliphatic carbocycles. The van der Waals surface area contributed by atoms with Gasteiger partial charge in [-0.1, -0.05) is 48.5 Å². The molecule has 6 rings (SSSR count). The van der Waals surface area contributed by atoms with Crippen LogP contribution in [0, 0.1) is 13.8 Å². The lowest BCUT2D eigenvalue weighted by Crippen LogP contribution is -2.28. The third-order valence-corrected chi connectivity index (χ3v) is 7.40. The fraction of sp³-hybridized carbons (Fsp3) is 0.129. The average molecular weight is 502 g/mol. The van der Waals surface area contributed by atoms with E-state index in [1.165, 1.54) is 4.57 Å². The molecule has 0 bridgehead atoms. The third kappa shape index (κ3) is 3.47. The van der Waals surface area contributed by atoms with E-state index in [9.17, 15) is 9.59 Å². The molecule has 3 aromatic heterocycles. The Morgan fingerprint density at radius 1 is 0.711 bits per heavy atom. The number of aromatic nitrogens is 5. The Kier molecular flexibility index (Phi) is 5.49. The van der Waals surface area contributed by atoms with Crippen LogP contribution in [0.1, 0.15) is 22.8 Å². The van der Waals surface area contributed by atoms with E-state index in [1.807, 2.05) is 93.8 Å². The molecule has 38 heavy (non-hydrogen) atoms. The molecule has 0 N–H and O–H groups in total. The highest BCUT2D eigenvalue weighted by Gasteiger charge is 2.22. The first-order valence-corrected chi connectivity index (χ1v) is 12.5. The van der Waals surface area contributed by atoms with Gasteiger partial charge in [-0.3, -0.25) is 18.8 Å². The van der Waals surface area contributed by atoms with E-state index in [4.69, 9.17) is 4.98 Å². The lowest BCUT2D eigenvalue weighted by atomic mass is 10.1.